The van der Waals surface area contributed by atoms with Crippen molar-refractivity contribution in [1.29, 1.82) is 0 Å². The molecule has 0 aliphatic carbocycles. The minimum atomic E-state index is -0.485. The number of ether oxygens (including phenoxy) is 1. The summed E-state index contributed by atoms with van der Waals surface area (Å²) in [6, 6.07) is 6.20. The van der Waals surface area contributed by atoms with Crippen LogP contribution in [0.4, 0.5) is 10.2 Å². The maximum atomic E-state index is 15.0. The summed E-state index contributed by atoms with van der Waals surface area (Å²) in [5.41, 5.74) is 1.87. The Morgan fingerprint density at radius 2 is 1.97 bits per heavy atom. The Balaban J connectivity index is 1.47. The van der Waals surface area contributed by atoms with E-state index in [9.17, 15) is 14.3 Å². The summed E-state index contributed by atoms with van der Waals surface area (Å²) in [6.07, 6.45) is 4.36. The first-order valence-electron chi connectivity index (χ1n) is 12.4. The van der Waals surface area contributed by atoms with Crippen molar-refractivity contribution in [2.24, 2.45) is 11.8 Å². The molecule has 3 aliphatic heterocycles. The average Bonchev–Trinajstić information content (AvgIpc) is 3.42. The number of rotatable bonds is 3. The second-order valence-corrected chi connectivity index (χ2v) is 10.7. The minimum Gasteiger partial charge on any atom is -0.507 e. The van der Waals surface area contributed by atoms with E-state index in [2.05, 4.69) is 16.5 Å². The zero-order chi connectivity index (χ0) is 25.2. The van der Waals surface area contributed by atoms with Gasteiger partial charge < -0.3 is 19.6 Å². The number of hydrogen-bond donors (Lipinski definition) is 1. The molecule has 186 valence electrons. The van der Waals surface area contributed by atoms with Crippen molar-refractivity contribution in [3.8, 4) is 22.6 Å². The molecule has 2 fully saturated rings. The van der Waals surface area contributed by atoms with Gasteiger partial charge in [0.1, 0.15) is 35.1 Å². The molecule has 6 rings (SSSR count). The van der Waals surface area contributed by atoms with Gasteiger partial charge in [-0.25, -0.2) is 14.4 Å². The fourth-order valence-corrected chi connectivity index (χ4v) is 6.05. The van der Waals surface area contributed by atoms with Gasteiger partial charge in [0.15, 0.2) is 0 Å². The summed E-state index contributed by atoms with van der Waals surface area (Å²) in [4.78, 5) is 25.5. The third-order valence-electron chi connectivity index (χ3n) is 7.85. The monoisotopic (exact) mass is 488 g/mol. The smallest absolute Gasteiger partial charge is 0.245 e. The molecule has 8 heteroatoms. The summed E-state index contributed by atoms with van der Waals surface area (Å²) < 4.78 is 21.5. The number of phenolic OH excluding ortho intramolecular Hbond substituents is 1. The zero-order valence-electron chi connectivity index (χ0n) is 20.5. The van der Waals surface area contributed by atoms with Gasteiger partial charge in [-0.3, -0.25) is 4.79 Å². The summed E-state index contributed by atoms with van der Waals surface area (Å²) >= 11 is 0. The lowest BCUT2D eigenvalue weighted by atomic mass is 9.87. The molecule has 2 unspecified atom stereocenters. The molecule has 0 saturated carbocycles. The number of aromatic hydroxyl groups is 1. The Kier molecular flexibility index (Phi) is 5.17. The zero-order valence-corrected chi connectivity index (χ0v) is 20.5. The lowest BCUT2D eigenvalue weighted by Crippen LogP contribution is -2.34. The molecule has 1 aromatic heterocycles. The molecule has 2 saturated heterocycles. The number of anilines is 1. The van der Waals surface area contributed by atoms with Crippen LogP contribution in [0.3, 0.4) is 0 Å². The van der Waals surface area contributed by atoms with Crippen molar-refractivity contribution < 1.29 is 19.0 Å². The van der Waals surface area contributed by atoms with Crippen molar-refractivity contribution in [3.05, 3.63) is 54.6 Å². The fourth-order valence-electron chi connectivity index (χ4n) is 6.05. The Morgan fingerprint density at radius 3 is 2.67 bits per heavy atom. The lowest BCUT2D eigenvalue weighted by molar-refractivity contribution is -0.125. The van der Waals surface area contributed by atoms with E-state index in [1.165, 1.54) is 30.6 Å². The maximum Gasteiger partial charge on any atom is 0.245 e. The van der Waals surface area contributed by atoms with E-state index >= 15 is 0 Å². The molecule has 1 amide bonds. The highest BCUT2D eigenvalue weighted by Crippen LogP contribution is 2.48. The fraction of sp³-hybridized carbons (Fsp3) is 0.393. The topological polar surface area (TPSA) is 78.8 Å². The van der Waals surface area contributed by atoms with Crippen LogP contribution in [0.5, 0.6) is 11.5 Å². The number of nitrogens with zero attached hydrogens (tertiary/aromatic N) is 4. The van der Waals surface area contributed by atoms with Crippen molar-refractivity contribution >= 4 is 22.6 Å². The molecule has 0 radical (unpaired) electrons. The van der Waals surface area contributed by atoms with Gasteiger partial charge in [-0.15, -0.1) is 0 Å². The van der Waals surface area contributed by atoms with Crippen molar-refractivity contribution in [2.75, 3.05) is 31.1 Å². The van der Waals surface area contributed by atoms with Gasteiger partial charge in [-0.1, -0.05) is 12.6 Å². The van der Waals surface area contributed by atoms with Gasteiger partial charge in [0.25, 0.3) is 0 Å². The summed E-state index contributed by atoms with van der Waals surface area (Å²) in [7, 11) is 0. The number of aromatic nitrogens is 2. The highest BCUT2D eigenvalue weighted by atomic mass is 19.1. The quantitative estimate of drug-likeness (QED) is 0.553. The number of carbonyl (C=O) groups is 1. The number of amides is 1. The molecule has 7 nitrogen and oxygen atoms in total. The van der Waals surface area contributed by atoms with Crippen LogP contribution in [0, 0.1) is 17.7 Å². The van der Waals surface area contributed by atoms with Crippen LogP contribution in [0.25, 0.3) is 22.0 Å². The SMILES string of the molecule is C=CC(=O)N1CC2CN(c3ncnc4cc(-c5c(O)cccc5F)c5c(c34)OC(C)(C)CC5)CC2C1. The van der Waals surface area contributed by atoms with Crippen LogP contribution in [-0.4, -0.2) is 57.7 Å². The number of phenols is 1. The molecule has 36 heavy (non-hydrogen) atoms. The van der Waals surface area contributed by atoms with Crippen LogP contribution < -0.4 is 9.64 Å². The standard InChI is InChI=1S/C28H29FN4O3/c1-4-23(35)32-11-16-13-33(14-17(16)12-32)27-25-21(30-15-31-27)10-19(24-20(29)6-5-7-22(24)34)18-8-9-28(2,3)36-26(18)25/h4-7,10,15-17,34H,1,8-9,11-14H2,2-3H3. The molecule has 2 atom stereocenters. The number of carbonyl (C=O) groups excluding carboxylic acids is 1. The molecule has 3 aromatic rings. The summed E-state index contributed by atoms with van der Waals surface area (Å²) in [6.45, 7) is 10.7. The third-order valence-corrected chi connectivity index (χ3v) is 7.85. The number of likely N-dealkylation sites (tertiary alicyclic amines) is 1. The number of halogens is 1. The molecule has 3 aliphatic rings. The van der Waals surface area contributed by atoms with E-state index in [0.717, 1.165) is 36.3 Å². The maximum absolute atomic E-state index is 15.0. The van der Waals surface area contributed by atoms with Gasteiger partial charge >= 0.3 is 0 Å². The second kappa shape index (κ2) is 8.18. The third kappa shape index (κ3) is 3.58. The molecule has 2 aromatic carbocycles. The van der Waals surface area contributed by atoms with E-state index < -0.39 is 11.4 Å². The van der Waals surface area contributed by atoms with Crippen LogP contribution in [0.1, 0.15) is 25.8 Å². The molecular formula is C28H29FN4O3. The highest BCUT2D eigenvalue weighted by molar-refractivity contribution is 6.00. The van der Waals surface area contributed by atoms with Gasteiger partial charge in [0, 0.05) is 43.6 Å². The average molecular weight is 489 g/mol. The normalized spacial score (nSPS) is 22.3. The van der Waals surface area contributed by atoms with Gasteiger partial charge in [0.05, 0.1) is 16.5 Å². The number of hydrogen-bond acceptors (Lipinski definition) is 6. The van der Waals surface area contributed by atoms with Crippen LogP contribution in [0.15, 0.2) is 43.2 Å². The van der Waals surface area contributed by atoms with Crippen LogP contribution >= 0.6 is 0 Å². The summed E-state index contributed by atoms with van der Waals surface area (Å²) in [5, 5.41) is 11.4. The predicted octanol–water partition coefficient (Wildman–Crippen LogP) is 4.33. The molecule has 1 N–H and O–H groups in total. The first kappa shape index (κ1) is 22.8. The molecule has 0 bridgehead atoms. The Labute approximate surface area is 209 Å². The van der Waals surface area contributed by atoms with Gasteiger partial charge in [-0.2, -0.15) is 0 Å². The minimum absolute atomic E-state index is 0.0166. The second-order valence-electron chi connectivity index (χ2n) is 10.7. The van der Waals surface area contributed by atoms with E-state index in [1.54, 1.807) is 0 Å². The van der Waals surface area contributed by atoms with Crippen LogP contribution in [-0.2, 0) is 11.2 Å². The molecular weight excluding hydrogens is 459 g/mol. The van der Waals surface area contributed by atoms with Crippen molar-refractivity contribution in [1.82, 2.24) is 14.9 Å². The first-order chi connectivity index (χ1) is 17.3. The molecule has 0 spiro atoms. The lowest BCUT2D eigenvalue weighted by Gasteiger charge is -2.35. The van der Waals surface area contributed by atoms with E-state index in [1.807, 2.05) is 24.8 Å². The molecule has 4 heterocycles. The van der Waals surface area contributed by atoms with E-state index in [4.69, 9.17) is 9.72 Å². The Morgan fingerprint density at radius 1 is 1.22 bits per heavy atom. The number of fused-ring (bicyclic) bond motifs is 4. The van der Waals surface area contributed by atoms with E-state index in [-0.39, 0.29) is 17.2 Å². The first-order valence-corrected chi connectivity index (χ1v) is 12.4. The van der Waals surface area contributed by atoms with E-state index in [0.29, 0.717) is 48.2 Å². The highest BCUT2D eigenvalue weighted by Gasteiger charge is 2.42. The number of benzene rings is 2. The van der Waals surface area contributed by atoms with Crippen LogP contribution in [0.2, 0.25) is 0 Å². The Bertz CT molecular complexity index is 1370. The predicted molar refractivity (Wildman–Crippen MR) is 136 cm³/mol. The van der Waals surface area contributed by atoms with Gasteiger partial charge in [-0.05, 0) is 56.5 Å². The Hall–Kier alpha value is -3.68. The van der Waals surface area contributed by atoms with Crippen molar-refractivity contribution in [3.63, 3.8) is 0 Å². The van der Waals surface area contributed by atoms with Crippen molar-refractivity contribution in [2.45, 2.75) is 32.3 Å². The summed E-state index contributed by atoms with van der Waals surface area (Å²) in [5.74, 6) is 1.58. The largest absolute Gasteiger partial charge is 0.507 e. The van der Waals surface area contributed by atoms with Gasteiger partial charge in [0.2, 0.25) is 5.91 Å².